The zero-order valence-electron chi connectivity index (χ0n) is 14.3. The van der Waals surface area contributed by atoms with Crippen LogP contribution < -0.4 is 11.0 Å². The van der Waals surface area contributed by atoms with Crippen LogP contribution in [0.2, 0.25) is 0 Å². The van der Waals surface area contributed by atoms with Gasteiger partial charge in [-0.05, 0) is 12.5 Å². The molecule has 0 radical (unpaired) electrons. The van der Waals surface area contributed by atoms with E-state index in [0.29, 0.717) is 4.57 Å². The minimum atomic E-state index is -1.42. The fraction of sp³-hybridized carbons (Fsp3) is 0.353. The van der Waals surface area contributed by atoms with Crippen molar-refractivity contribution >= 4 is 11.9 Å². The largest absolute Gasteiger partial charge is 0.444 e. The number of aliphatic hydroxyl groups is 2. The Morgan fingerprint density at radius 3 is 2.67 bits per heavy atom. The lowest BCUT2D eigenvalue weighted by atomic mass is 10.1. The van der Waals surface area contributed by atoms with Gasteiger partial charge in [-0.15, -0.1) is 0 Å². The molecule has 0 spiro atoms. The summed E-state index contributed by atoms with van der Waals surface area (Å²) >= 11 is 0. The highest BCUT2D eigenvalue weighted by Crippen LogP contribution is 2.28. The van der Waals surface area contributed by atoms with Crippen molar-refractivity contribution < 1.29 is 28.9 Å². The predicted molar refractivity (Wildman–Crippen MR) is 90.3 cm³/mol. The Hall–Kier alpha value is -2.82. The Morgan fingerprint density at radius 2 is 2.04 bits per heavy atom. The van der Waals surface area contributed by atoms with E-state index in [9.17, 15) is 24.2 Å². The zero-order valence-corrected chi connectivity index (χ0v) is 14.3. The smallest absolute Gasteiger partial charge is 0.413 e. The van der Waals surface area contributed by atoms with Gasteiger partial charge in [-0.2, -0.15) is 4.98 Å². The molecule has 2 heterocycles. The molecule has 1 aliphatic heterocycles. The van der Waals surface area contributed by atoms with Crippen molar-refractivity contribution in [3.05, 3.63) is 58.4 Å². The third-order valence-electron chi connectivity index (χ3n) is 4.09. The summed E-state index contributed by atoms with van der Waals surface area (Å²) in [6.07, 6.45) is -4.93. The van der Waals surface area contributed by atoms with E-state index >= 15 is 0 Å². The maximum Gasteiger partial charge on any atom is 0.413 e. The molecule has 1 fully saturated rings. The number of carbonyl (C=O) groups excluding carboxylic acids is 1. The van der Waals surface area contributed by atoms with Gasteiger partial charge in [0.15, 0.2) is 17.9 Å². The summed E-state index contributed by atoms with van der Waals surface area (Å²) in [4.78, 5) is 27.3. The number of rotatable bonds is 4. The van der Waals surface area contributed by atoms with Crippen molar-refractivity contribution in [3.8, 4) is 0 Å². The number of nitrogens with zero attached hydrogens (tertiary/aromatic N) is 2. The Labute approximate surface area is 153 Å². The van der Waals surface area contributed by atoms with E-state index < -0.39 is 48.0 Å². The Balaban J connectivity index is 1.70. The van der Waals surface area contributed by atoms with E-state index in [2.05, 4.69) is 10.3 Å². The molecule has 1 aliphatic rings. The fourth-order valence-electron chi connectivity index (χ4n) is 2.63. The van der Waals surface area contributed by atoms with Gasteiger partial charge in [0.2, 0.25) is 0 Å². The van der Waals surface area contributed by atoms with Crippen LogP contribution in [0.15, 0.2) is 41.3 Å². The highest BCUT2D eigenvalue weighted by Gasteiger charge is 2.42. The van der Waals surface area contributed by atoms with Gasteiger partial charge < -0.3 is 19.7 Å². The molecule has 4 atom stereocenters. The SMILES string of the molecule is C[C@H]1O[C@@H](n2cc(F)c(NC(=O)OCc3ccccc3)nc2=O)[C@H](O)[C@@H]1O. The molecule has 0 unspecified atom stereocenters. The van der Waals surface area contributed by atoms with E-state index in [1.54, 1.807) is 24.3 Å². The fourth-order valence-corrected chi connectivity index (χ4v) is 2.63. The van der Waals surface area contributed by atoms with Crippen molar-refractivity contribution in [1.82, 2.24) is 9.55 Å². The minimum Gasteiger partial charge on any atom is -0.444 e. The van der Waals surface area contributed by atoms with Crippen LogP contribution in [0.1, 0.15) is 18.7 Å². The topological polar surface area (TPSA) is 123 Å². The molecule has 3 rings (SSSR count). The second kappa shape index (κ2) is 7.82. The van der Waals surface area contributed by atoms with Crippen molar-refractivity contribution in [2.24, 2.45) is 0 Å². The monoisotopic (exact) mass is 379 g/mol. The first-order valence-corrected chi connectivity index (χ1v) is 8.15. The second-order valence-electron chi connectivity index (χ2n) is 6.03. The lowest BCUT2D eigenvalue weighted by Gasteiger charge is -2.17. The summed E-state index contributed by atoms with van der Waals surface area (Å²) in [6, 6.07) is 8.84. The molecule has 9 nitrogen and oxygen atoms in total. The number of aliphatic hydroxyl groups excluding tert-OH is 2. The number of aromatic nitrogens is 2. The normalized spacial score (nSPS) is 24.6. The third-order valence-corrected chi connectivity index (χ3v) is 4.09. The molecule has 1 aromatic heterocycles. The van der Waals surface area contributed by atoms with Crippen molar-refractivity contribution in [1.29, 1.82) is 0 Å². The molecular weight excluding hydrogens is 361 g/mol. The molecule has 27 heavy (non-hydrogen) atoms. The molecule has 0 bridgehead atoms. The first-order valence-electron chi connectivity index (χ1n) is 8.15. The van der Waals surface area contributed by atoms with Crippen LogP contribution in [0.5, 0.6) is 0 Å². The average molecular weight is 379 g/mol. The van der Waals surface area contributed by atoms with Gasteiger partial charge in [0.25, 0.3) is 0 Å². The lowest BCUT2D eigenvalue weighted by Crippen LogP contribution is -2.36. The van der Waals surface area contributed by atoms with Gasteiger partial charge in [0.1, 0.15) is 18.8 Å². The molecule has 1 amide bonds. The number of halogens is 1. The maximum atomic E-state index is 14.2. The van der Waals surface area contributed by atoms with Gasteiger partial charge in [0.05, 0.1) is 12.3 Å². The standard InChI is InChI=1S/C17H18FN3O6/c1-9-12(22)13(23)15(27-9)21-7-11(18)14(19-16(21)24)20-17(25)26-8-10-5-3-2-4-6-10/h2-7,9,12-13,15,22-23H,8H2,1H3,(H,19,20,24,25)/t9-,12-,13-,15-/m1/s1. The lowest BCUT2D eigenvalue weighted by molar-refractivity contribution is -0.0355. The second-order valence-corrected chi connectivity index (χ2v) is 6.03. The quantitative estimate of drug-likeness (QED) is 0.717. The van der Waals surface area contributed by atoms with Gasteiger partial charge in [0, 0.05) is 0 Å². The van der Waals surface area contributed by atoms with Crippen LogP contribution in [0, 0.1) is 5.82 Å². The Bertz CT molecular complexity index is 875. The summed E-state index contributed by atoms with van der Waals surface area (Å²) in [6.45, 7) is 1.46. The number of hydrogen-bond acceptors (Lipinski definition) is 7. The molecule has 3 N–H and O–H groups in total. The highest BCUT2D eigenvalue weighted by atomic mass is 19.1. The minimum absolute atomic E-state index is 0.0385. The number of anilines is 1. The molecule has 10 heteroatoms. The Morgan fingerprint density at radius 1 is 1.33 bits per heavy atom. The predicted octanol–water partition coefficient (Wildman–Crippen LogP) is 0.770. The molecule has 2 aromatic rings. The van der Waals surface area contributed by atoms with Gasteiger partial charge in [-0.3, -0.25) is 9.88 Å². The van der Waals surface area contributed by atoms with E-state index in [1.165, 1.54) is 6.92 Å². The van der Waals surface area contributed by atoms with Gasteiger partial charge in [-0.25, -0.2) is 14.0 Å². The van der Waals surface area contributed by atoms with E-state index in [-0.39, 0.29) is 6.61 Å². The van der Waals surface area contributed by atoms with E-state index in [1.807, 2.05) is 6.07 Å². The van der Waals surface area contributed by atoms with Crippen LogP contribution in [0.3, 0.4) is 0 Å². The van der Waals surface area contributed by atoms with E-state index in [4.69, 9.17) is 9.47 Å². The average Bonchev–Trinajstić information content (AvgIpc) is 2.91. The van der Waals surface area contributed by atoms with Crippen molar-refractivity contribution in [2.45, 2.75) is 38.1 Å². The summed E-state index contributed by atoms with van der Waals surface area (Å²) in [7, 11) is 0. The number of amides is 1. The number of nitrogens with one attached hydrogen (secondary N) is 1. The third kappa shape index (κ3) is 4.13. The first-order chi connectivity index (χ1) is 12.9. The molecular formula is C17H18FN3O6. The number of hydrogen-bond donors (Lipinski definition) is 3. The maximum absolute atomic E-state index is 14.2. The number of carbonyl (C=O) groups is 1. The van der Waals surface area contributed by atoms with Gasteiger partial charge in [-0.1, -0.05) is 30.3 Å². The molecule has 1 saturated heterocycles. The summed E-state index contributed by atoms with van der Waals surface area (Å²) in [5.74, 6) is -1.65. The molecule has 0 aliphatic carbocycles. The van der Waals surface area contributed by atoms with Crippen LogP contribution >= 0.6 is 0 Å². The molecule has 0 saturated carbocycles. The summed E-state index contributed by atoms with van der Waals surface area (Å²) in [5.41, 5.74) is -0.239. The number of ether oxygens (including phenoxy) is 2. The molecule has 144 valence electrons. The summed E-state index contributed by atoms with van der Waals surface area (Å²) < 4.78 is 25.2. The number of benzene rings is 1. The first kappa shape index (κ1) is 19.0. The molecule has 1 aromatic carbocycles. The van der Waals surface area contributed by atoms with Gasteiger partial charge >= 0.3 is 11.8 Å². The van der Waals surface area contributed by atoms with Crippen molar-refractivity contribution in [3.63, 3.8) is 0 Å². The van der Waals surface area contributed by atoms with Crippen LogP contribution in [-0.2, 0) is 16.1 Å². The zero-order chi connectivity index (χ0) is 19.6. The van der Waals surface area contributed by atoms with E-state index in [0.717, 1.165) is 11.8 Å². The van der Waals surface area contributed by atoms with Crippen LogP contribution in [0.25, 0.3) is 0 Å². The van der Waals surface area contributed by atoms with Crippen LogP contribution in [0.4, 0.5) is 15.0 Å². The highest BCUT2D eigenvalue weighted by molar-refractivity contribution is 5.83. The van der Waals surface area contributed by atoms with Crippen LogP contribution in [-0.4, -0.2) is 44.2 Å². The summed E-state index contributed by atoms with van der Waals surface area (Å²) in [5, 5.41) is 21.7. The van der Waals surface area contributed by atoms with Crippen molar-refractivity contribution in [2.75, 3.05) is 5.32 Å². The Kier molecular flexibility index (Phi) is 5.49.